The number of halogens is 1. The van der Waals surface area contributed by atoms with Crippen LogP contribution >= 0.6 is 0 Å². The number of non-ortho nitro benzene ring substituents is 1. The maximum absolute atomic E-state index is 13.4. The molecule has 100 valence electrons. The third-order valence-corrected chi connectivity index (χ3v) is 2.94. The minimum Gasteiger partial charge on any atom is -0.383 e. The molecule has 0 aliphatic carbocycles. The highest BCUT2D eigenvalue weighted by molar-refractivity contribution is 7.89. The van der Waals surface area contributed by atoms with Gasteiger partial charge in [0.2, 0.25) is 10.0 Å². The van der Waals surface area contributed by atoms with Crippen LogP contribution in [0.1, 0.15) is 6.42 Å². The SMILES string of the molecule is NS(=O)(=O)CCCNc1ccc([N+](=O)[O-])cc1F. The largest absolute Gasteiger partial charge is 0.383 e. The molecule has 0 saturated heterocycles. The molecule has 1 aromatic rings. The molecule has 0 spiro atoms. The monoisotopic (exact) mass is 277 g/mol. The van der Waals surface area contributed by atoms with Gasteiger partial charge in [-0.3, -0.25) is 10.1 Å². The van der Waals surface area contributed by atoms with E-state index in [-0.39, 0.29) is 30.1 Å². The van der Waals surface area contributed by atoms with E-state index in [9.17, 15) is 22.9 Å². The highest BCUT2D eigenvalue weighted by Gasteiger charge is 2.10. The van der Waals surface area contributed by atoms with Crippen LogP contribution in [-0.4, -0.2) is 25.6 Å². The van der Waals surface area contributed by atoms with Crippen LogP contribution in [0.5, 0.6) is 0 Å². The number of nitrogens with two attached hydrogens (primary N) is 1. The van der Waals surface area contributed by atoms with Crippen LogP contribution in [0.25, 0.3) is 0 Å². The van der Waals surface area contributed by atoms with Gasteiger partial charge in [0.25, 0.3) is 5.69 Å². The molecule has 0 radical (unpaired) electrons. The summed E-state index contributed by atoms with van der Waals surface area (Å²) >= 11 is 0. The fraction of sp³-hybridized carbons (Fsp3) is 0.333. The maximum atomic E-state index is 13.4. The second-order valence-corrected chi connectivity index (χ2v) is 5.30. The van der Waals surface area contributed by atoms with Gasteiger partial charge >= 0.3 is 0 Å². The molecule has 0 atom stereocenters. The number of hydrogen-bond donors (Lipinski definition) is 2. The Morgan fingerprint density at radius 2 is 2.11 bits per heavy atom. The van der Waals surface area contributed by atoms with Gasteiger partial charge in [-0.05, 0) is 12.5 Å². The summed E-state index contributed by atoms with van der Waals surface area (Å²) < 4.78 is 34.6. The smallest absolute Gasteiger partial charge is 0.272 e. The molecule has 7 nitrogen and oxygen atoms in total. The molecule has 0 heterocycles. The van der Waals surface area contributed by atoms with Gasteiger partial charge in [0.1, 0.15) is 0 Å². The lowest BCUT2D eigenvalue weighted by Crippen LogP contribution is -2.18. The lowest BCUT2D eigenvalue weighted by molar-refractivity contribution is -0.385. The highest BCUT2D eigenvalue weighted by atomic mass is 32.2. The number of nitrogens with one attached hydrogen (secondary N) is 1. The van der Waals surface area contributed by atoms with E-state index < -0.39 is 20.8 Å². The van der Waals surface area contributed by atoms with E-state index in [1.807, 2.05) is 0 Å². The highest BCUT2D eigenvalue weighted by Crippen LogP contribution is 2.20. The lowest BCUT2D eigenvalue weighted by atomic mass is 10.2. The molecule has 1 aromatic carbocycles. The Hall–Kier alpha value is -1.74. The van der Waals surface area contributed by atoms with Crippen molar-refractivity contribution >= 4 is 21.4 Å². The van der Waals surface area contributed by atoms with E-state index in [0.29, 0.717) is 0 Å². The molecular weight excluding hydrogens is 265 g/mol. The third kappa shape index (κ3) is 4.63. The molecule has 0 amide bonds. The van der Waals surface area contributed by atoms with Crippen LogP contribution in [0.4, 0.5) is 15.8 Å². The molecule has 0 saturated carbocycles. The van der Waals surface area contributed by atoms with Crippen LogP contribution in [0.15, 0.2) is 18.2 Å². The van der Waals surface area contributed by atoms with Gasteiger partial charge in [-0.15, -0.1) is 0 Å². The zero-order valence-corrected chi connectivity index (χ0v) is 10.1. The predicted molar refractivity (Wildman–Crippen MR) is 64.1 cm³/mol. The standard InChI is InChI=1S/C9H12FN3O4S/c10-8-6-7(13(14)15)2-3-9(8)12-4-1-5-18(11,16)17/h2-3,6,12H,1,4-5H2,(H2,11,16,17). The molecule has 0 aliphatic rings. The van der Waals surface area contributed by atoms with Gasteiger partial charge in [0.05, 0.1) is 22.4 Å². The first-order valence-corrected chi connectivity index (χ1v) is 6.69. The molecular formula is C9H12FN3O4S. The fourth-order valence-corrected chi connectivity index (χ4v) is 1.80. The number of hydrogen-bond acceptors (Lipinski definition) is 5. The number of nitrogens with zero attached hydrogens (tertiary/aromatic N) is 1. The molecule has 0 aromatic heterocycles. The van der Waals surface area contributed by atoms with Crippen molar-refractivity contribution in [3.63, 3.8) is 0 Å². The van der Waals surface area contributed by atoms with Crippen molar-refractivity contribution in [2.24, 2.45) is 5.14 Å². The number of primary sulfonamides is 1. The van der Waals surface area contributed by atoms with Crippen molar-refractivity contribution in [3.8, 4) is 0 Å². The van der Waals surface area contributed by atoms with Crippen LogP contribution in [0.3, 0.4) is 0 Å². The summed E-state index contributed by atoms with van der Waals surface area (Å²) in [5.41, 5.74) is -0.266. The molecule has 9 heteroatoms. The molecule has 0 unspecified atom stereocenters. The van der Waals surface area contributed by atoms with Crippen molar-refractivity contribution in [1.82, 2.24) is 0 Å². The van der Waals surface area contributed by atoms with Gasteiger partial charge in [-0.2, -0.15) is 0 Å². The Kier molecular flexibility index (Phi) is 4.56. The summed E-state index contributed by atoms with van der Waals surface area (Å²) in [5, 5.41) is 17.8. The van der Waals surface area contributed by atoms with Crippen LogP contribution in [0.2, 0.25) is 0 Å². The number of rotatable bonds is 6. The first-order valence-electron chi connectivity index (χ1n) is 4.98. The normalized spacial score (nSPS) is 11.2. The number of anilines is 1. The maximum Gasteiger partial charge on any atom is 0.272 e. The van der Waals surface area contributed by atoms with E-state index in [1.54, 1.807) is 0 Å². The second kappa shape index (κ2) is 5.74. The minimum absolute atomic E-state index is 0.0787. The number of nitro groups is 1. The second-order valence-electron chi connectivity index (χ2n) is 3.57. The first-order chi connectivity index (χ1) is 8.29. The topological polar surface area (TPSA) is 115 Å². The Morgan fingerprint density at radius 3 is 2.61 bits per heavy atom. The van der Waals surface area contributed by atoms with E-state index in [4.69, 9.17) is 5.14 Å². The fourth-order valence-electron chi connectivity index (χ4n) is 1.26. The van der Waals surface area contributed by atoms with Gasteiger partial charge in [0.15, 0.2) is 5.82 Å². The average molecular weight is 277 g/mol. The van der Waals surface area contributed by atoms with Crippen molar-refractivity contribution in [2.45, 2.75) is 6.42 Å². The van der Waals surface area contributed by atoms with Gasteiger partial charge in [0, 0.05) is 12.6 Å². The van der Waals surface area contributed by atoms with Crippen LogP contribution < -0.4 is 10.5 Å². The zero-order chi connectivity index (χ0) is 13.8. The van der Waals surface area contributed by atoms with Crippen molar-refractivity contribution in [1.29, 1.82) is 0 Å². The first kappa shape index (κ1) is 14.3. The van der Waals surface area contributed by atoms with Gasteiger partial charge in [-0.25, -0.2) is 17.9 Å². The summed E-state index contributed by atoms with van der Waals surface area (Å²) in [6, 6.07) is 3.18. The molecule has 0 aliphatic heterocycles. The van der Waals surface area contributed by atoms with E-state index in [2.05, 4.69) is 5.32 Å². The summed E-state index contributed by atoms with van der Waals surface area (Å²) in [6.07, 6.45) is 0.218. The third-order valence-electron chi connectivity index (χ3n) is 2.08. The minimum atomic E-state index is -3.53. The lowest BCUT2D eigenvalue weighted by Gasteiger charge is -2.06. The quantitative estimate of drug-likeness (QED) is 0.454. The predicted octanol–water partition coefficient (Wildman–Crippen LogP) is 0.824. The average Bonchev–Trinajstić information content (AvgIpc) is 2.24. The van der Waals surface area contributed by atoms with E-state index in [0.717, 1.165) is 12.1 Å². The van der Waals surface area contributed by atoms with Crippen LogP contribution in [-0.2, 0) is 10.0 Å². The van der Waals surface area contributed by atoms with Crippen LogP contribution in [0, 0.1) is 15.9 Å². The van der Waals surface area contributed by atoms with Gasteiger partial charge in [-0.1, -0.05) is 0 Å². The molecule has 1 rings (SSSR count). The molecule has 18 heavy (non-hydrogen) atoms. The summed E-state index contributed by atoms with van der Waals surface area (Å²) in [7, 11) is -3.53. The molecule has 0 bridgehead atoms. The summed E-state index contributed by atoms with van der Waals surface area (Å²) in [5.74, 6) is -0.978. The van der Waals surface area contributed by atoms with Crippen molar-refractivity contribution < 1.29 is 17.7 Å². The van der Waals surface area contributed by atoms with Crippen molar-refractivity contribution in [3.05, 3.63) is 34.1 Å². The Labute approximate surface area is 103 Å². The molecule has 3 N–H and O–H groups in total. The Balaban J connectivity index is 2.56. The summed E-state index contributed by atoms with van der Waals surface area (Å²) in [6.45, 7) is 0.200. The Bertz CT molecular complexity index is 547. The number of sulfonamides is 1. The number of benzene rings is 1. The van der Waals surface area contributed by atoms with E-state index in [1.165, 1.54) is 6.07 Å². The van der Waals surface area contributed by atoms with E-state index >= 15 is 0 Å². The Morgan fingerprint density at radius 1 is 1.44 bits per heavy atom. The van der Waals surface area contributed by atoms with Gasteiger partial charge < -0.3 is 5.32 Å². The zero-order valence-electron chi connectivity index (χ0n) is 9.30. The summed E-state index contributed by atoms with van der Waals surface area (Å²) in [4.78, 5) is 9.67. The van der Waals surface area contributed by atoms with Crippen molar-refractivity contribution in [2.75, 3.05) is 17.6 Å². The molecule has 0 fully saturated rings. The number of nitro benzene ring substituents is 1.